The van der Waals surface area contributed by atoms with Crippen LogP contribution in [0.2, 0.25) is 0 Å². The van der Waals surface area contributed by atoms with Gasteiger partial charge in [0, 0.05) is 11.1 Å². The Morgan fingerprint density at radius 3 is 3.10 bits per heavy atom. The number of carbonyl (C=O) groups is 1. The Morgan fingerprint density at radius 1 is 1.45 bits per heavy atom. The fourth-order valence-electron chi connectivity index (χ4n) is 1.93. The number of carboxylic acids is 1. The summed E-state index contributed by atoms with van der Waals surface area (Å²) < 4.78 is 2.84. The molecule has 2 aromatic heterocycles. The van der Waals surface area contributed by atoms with E-state index in [1.165, 1.54) is 4.70 Å². The van der Waals surface area contributed by atoms with Gasteiger partial charge in [0.2, 0.25) is 0 Å². The second-order valence-corrected chi connectivity index (χ2v) is 5.39. The fourth-order valence-corrected chi connectivity index (χ4v) is 2.70. The molecule has 0 aliphatic carbocycles. The van der Waals surface area contributed by atoms with Gasteiger partial charge in [0.05, 0.1) is 17.6 Å². The molecule has 0 amide bonds. The molecule has 7 heteroatoms. The Balaban J connectivity index is 1.87. The van der Waals surface area contributed by atoms with Crippen LogP contribution in [0.15, 0.2) is 35.8 Å². The van der Waals surface area contributed by atoms with Crippen LogP contribution in [-0.4, -0.2) is 32.1 Å². The van der Waals surface area contributed by atoms with Gasteiger partial charge in [-0.25, -0.2) is 4.68 Å². The summed E-state index contributed by atoms with van der Waals surface area (Å²) in [5.74, 6) is -1.04. The van der Waals surface area contributed by atoms with E-state index >= 15 is 0 Å². The minimum atomic E-state index is -1.04. The van der Waals surface area contributed by atoms with Gasteiger partial charge in [-0.15, -0.1) is 16.4 Å². The van der Waals surface area contributed by atoms with Gasteiger partial charge in [-0.05, 0) is 35.0 Å². The number of hydrogen-bond donors (Lipinski definition) is 2. The second-order valence-electron chi connectivity index (χ2n) is 4.45. The molecule has 0 fully saturated rings. The van der Waals surface area contributed by atoms with Gasteiger partial charge in [-0.2, -0.15) is 0 Å². The van der Waals surface area contributed by atoms with E-state index in [0.717, 1.165) is 11.1 Å². The first-order chi connectivity index (χ1) is 9.63. The zero-order valence-corrected chi connectivity index (χ0v) is 11.2. The average molecular weight is 288 g/mol. The van der Waals surface area contributed by atoms with Gasteiger partial charge in [0.1, 0.15) is 6.04 Å². The van der Waals surface area contributed by atoms with Crippen LogP contribution in [0.5, 0.6) is 0 Å². The highest BCUT2D eigenvalue weighted by atomic mass is 32.1. The standard InChI is InChI=1S/C13H12N4O2S/c14-11(13(18)19)6-9-7-17(16-15-9)10-1-2-12-8(5-10)3-4-20-12/h1-5,7,11H,6,14H2,(H,18,19). The average Bonchev–Trinajstić information content (AvgIpc) is 3.05. The smallest absolute Gasteiger partial charge is 0.320 e. The maximum atomic E-state index is 10.7. The summed E-state index contributed by atoms with van der Waals surface area (Å²) in [6.07, 6.45) is 1.87. The first-order valence-corrected chi connectivity index (χ1v) is 6.89. The van der Waals surface area contributed by atoms with Crippen LogP contribution in [0.3, 0.4) is 0 Å². The van der Waals surface area contributed by atoms with Crippen molar-refractivity contribution in [2.45, 2.75) is 12.5 Å². The SMILES string of the molecule is NC(Cc1cn(-c2ccc3sccc3c2)nn1)C(=O)O. The number of fused-ring (bicyclic) bond motifs is 1. The van der Waals surface area contributed by atoms with Crippen LogP contribution < -0.4 is 5.73 Å². The summed E-state index contributed by atoms with van der Waals surface area (Å²) in [7, 11) is 0. The number of hydrogen-bond acceptors (Lipinski definition) is 5. The van der Waals surface area contributed by atoms with Crippen molar-refractivity contribution < 1.29 is 9.90 Å². The van der Waals surface area contributed by atoms with Crippen molar-refractivity contribution in [2.75, 3.05) is 0 Å². The van der Waals surface area contributed by atoms with Gasteiger partial charge >= 0.3 is 5.97 Å². The van der Waals surface area contributed by atoms with Crippen LogP contribution in [0.25, 0.3) is 15.8 Å². The van der Waals surface area contributed by atoms with Crippen molar-refractivity contribution in [3.63, 3.8) is 0 Å². The Bertz CT molecular complexity index is 764. The van der Waals surface area contributed by atoms with E-state index in [-0.39, 0.29) is 6.42 Å². The second kappa shape index (κ2) is 5.03. The minimum Gasteiger partial charge on any atom is -0.480 e. The molecule has 0 saturated carbocycles. The lowest BCUT2D eigenvalue weighted by Crippen LogP contribution is -2.32. The summed E-state index contributed by atoms with van der Waals surface area (Å²) in [6.45, 7) is 0. The van der Waals surface area contributed by atoms with Crippen molar-refractivity contribution in [3.8, 4) is 5.69 Å². The van der Waals surface area contributed by atoms with Crippen LogP contribution in [0.4, 0.5) is 0 Å². The molecule has 3 N–H and O–H groups in total. The zero-order chi connectivity index (χ0) is 14.1. The summed E-state index contributed by atoms with van der Waals surface area (Å²) in [6, 6.07) is 7.08. The molecule has 0 aliphatic heterocycles. The highest BCUT2D eigenvalue weighted by molar-refractivity contribution is 7.17. The largest absolute Gasteiger partial charge is 0.480 e. The molecule has 1 aromatic carbocycles. The van der Waals surface area contributed by atoms with Crippen molar-refractivity contribution in [2.24, 2.45) is 5.73 Å². The molecule has 20 heavy (non-hydrogen) atoms. The van der Waals surface area contributed by atoms with E-state index in [9.17, 15) is 4.79 Å². The van der Waals surface area contributed by atoms with Crippen LogP contribution in [0.1, 0.15) is 5.69 Å². The quantitative estimate of drug-likeness (QED) is 0.757. The summed E-state index contributed by atoms with van der Waals surface area (Å²) in [5.41, 5.74) is 6.93. The Morgan fingerprint density at radius 2 is 2.30 bits per heavy atom. The number of nitrogens with zero attached hydrogens (tertiary/aromatic N) is 3. The van der Waals surface area contributed by atoms with E-state index in [2.05, 4.69) is 10.3 Å². The molecular formula is C13H12N4O2S. The summed E-state index contributed by atoms with van der Waals surface area (Å²) >= 11 is 1.68. The molecule has 0 saturated heterocycles. The first-order valence-electron chi connectivity index (χ1n) is 6.01. The van der Waals surface area contributed by atoms with Crippen molar-refractivity contribution in [3.05, 3.63) is 41.5 Å². The number of thiophene rings is 1. The third-order valence-electron chi connectivity index (χ3n) is 2.99. The molecule has 3 rings (SSSR count). The van der Waals surface area contributed by atoms with Gasteiger partial charge in [-0.1, -0.05) is 5.21 Å². The maximum absolute atomic E-state index is 10.7. The van der Waals surface area contributed by atoms with Crippen molar-refractivity contribution in [1.82, 2.24) is 15.0 Å². The molecular weight excluding hydrogens is 276 g/mol. The van der Waals surface area contributed by atoms with E-state index < -0.39 is 12.0 Å². The molecule has 3 aromatic rings. The Hall–Kier alpha value is -2.25. The lowest BCUT2D eigenvalue weighted by atomic mass is 10.2. The van der Waals surface area contributed by atoms with E-state index in [1.807, 2.05) is 29.6 Å². The van der Waals surface area contributed by atoms with E-state index in [1.54, 1.807) is 22.2 Å². The maximum Gasteiger partial charge on any atom is 0.320 e. The van der Waals surface area contributed by atoms with Crippen molar-refractivity contribution >= 4 is 27.4 Å². The van der Waals surface area contributed by atoms with Gasteiger partial charge < -0.3 is 10.8 Å². The predicted octanol–water partition coefficient (Wildman–Crippen LogP) is 1.44. The molecule has 2 heterocycles. The van der Waals surface area contributed by atoms with Crippen molar-refractivity contribution in [1.29, 1.82) is 0 Å². The number of aliphatic carboxylic acids is 1. The molecule has 6 nitrogen and oxygen atoms in total. The lowest BCUT2D eigenvalue weighted by Gasteiger charge is -2.02. The fraction of sp³-hybridized carbons (Fsp3) is 0.154. The predicted molar refractivity (Wildman–Crippen MR) is 76.1 cm³/mol. The topological polar surface area (TPSA) is 94.0 Å². The van der Waals surface area contributed by atoms with Crippen LogP contribution in [0, 0.1) is 0 Å². The normalized spacial score (nSPS) is 12.7. The number of benzene rings is 1. The minimum absolute atomic E-state index is 0.163. The molecule has 0 radical (unpaired) electrons. The molecule has 102 valence electrons. The number of rotatable bonds is 4. The Kier molecular flexibility index (Phi) is 3.21. The zero-order valence-electron chi connectivity index (χ0n) is 10.4. The van der Waals surface area contributed by atoms with E-state index in [4.69, 9.17) is 10.8 Å². The third-order valence-corrected chi connectivity index (χ3v) is 3.89. The molecule has 1 unspecified atom stereocenters. The van der Waals surface area contributed by atoms with Gasteiger partial charge in [0.25, 0.3) is 0 Å². The van der Waals surface area contributed by atoms with E-state index in [0.29, 0.717) is 5.69 Å². The summed E-state index contributed by atoms with van der Waals surface area (Å²) in [4.78, 5) is 10.7. The molecule has 0 bridgehead atoms. The number of aromatic nitrogens is 3. The first kappa shape index (κ1) is 12.8. The van der Waals surface area contributed by atoms with Crippen LogP contribution in [-0.2, 0) is 11.2 Å². The molecule has 1 atom stereocenters. The Labute approximate surface area is 118 Å². The van der Waals surface area contributed by atoms with Gasteiger partial charge in [-0.3, -0.25) is 4.79 Å². The van der Waals surface area contributed by atoms with Gasteiger partial charge in [0.15, 0.2) is 0 Å². The monoisotopic (exact) mass is 288 g/mol. The summed E-state index contributed by atoms with van der Waals surface area (Å²) in [5, 5.41) is 19.9. The van der Waals surface area contributed by atoms with Crippen LogP contribution >= 0.6 is 11.3 Å². The lowest BCUT2D eigenvalue weighted by molar-refractivity contribution is -0.138. The third kappa shape index (κ3) is 2.40. The highest BCUT2D eigenvalue weighted by Gasteiger charge is 2.14. The highest BCUT2D eigenvalue weighted by Crippen LogP contribution is 2.23. The number of nitrogens with two attached hydrogens (primary N) is 1. The molecule has 0 spiro atoms. The number of carboxylic acid groups (broad SMARTS) is 1. The molecule has 0 aliphatic rings.